The maximum atomic E-state index is 11.0. The van der Waals surface area contributed by atoms with Crippen LogP contribution in [0.25, 0.3) is 0 Å². The molecule has 1 aromatic rings. The molecular formula is C13H20BrNO4S. The van der Waals surface area contributed by atoms with E-state index in [9.17, 15) is 8.42 Å². The molecule has 0 atom stereocenters. The highest BCUT2D eigenvalue weighted by Gasteiger charge is 2.09. The highest BCUT2D eigenvalue weighted by molar-refractivity contribution is 9.10. The number of benzene rings is 1. The molecule has 0 saturated carbocycles. The van der Waals surface area contributed by atoms with Gasteiger partial charge < -0.3 is 14.8 Å². The van der Waals surface area contributed by atoms with E-state index in [0.29, 0.717) is 31.0 Å². The van der Waals surface area contributed by atoms with Crippen LogP contribution in [-0.4, -0.2) is 41.2 Å². The van der Waals surface area contributed by atoms with Crippen molar-refractivity contribution in [2.45, 2.75) is 13.0 Å². The number of hydrogen-bond acceptors (Lipinski definition) is 5. The van der Waals surface area contributed by atoms with Gasteiger partial charge in [0.2, 0.25) is 0 Å². The Morgan fingerprint density at radius 2 is 1.80 bits per heavy atom. The Morgan fingerprint density at radius 1 is 1.20 bits per heavy atom. The van der Waals surface area contributed by atoms with Gasteiger partial charge in [0.15, 0.2) is 11.5 Å². The monoisotopic (exact) mass is 365 g/mol. The fraction of sp³-hybridized carbons (Fsp3) is 0.538. The first-order valence-electron chi connectivity index (χ1n) is 6.16. The molecule has 0 heterocycles. The van der Waals surface area contributed by atoms with Crippen molar-refractivity contribution >= 4 is 25.8 Å². The molecule has 1 N–H and O–H groups in total. The van der Waals surface area contributed by atoms with Crippen LogP contribution in [0.15, 0.2) is 16.6 Å². The lowest BCUT2D eigenvalue weighted by molar-refractivity contribution is 0.354. The Balaban J connectivity index is 2.56. The van der Waals surface area contributed by atoms with Crippen molar-refractivity contribution in [1.82, 2.24) is 5.32 Å². The third-order valence-electron chi connectivity index (χ3n) is 2.74. The van der Waals surface area contributed by atoms with Crippen LogP contribution in [0.3, 0.4) is 0 Å². The third-order valence-corrected chi connectivity index (χ3v) is 4.51. The van der Waals surface area contributed by atoms with Crippen molar-refractivity contribution in [1.29, 1.82) is 0 Å². The lowest BCUT2D eigenvalue weighted by atomic mass is 10.2. The zero-order valence-corrected chi connectivity index (χ0v) is 14.3. The van der Waals surface area contributed by atoms with Gasteiger partial charge in [-0.15, -0.1) is 0 Å². The molecule has 0 amide bonds. The van der Waals surface area contributed by atoms with Crippen LogP contribution in [0, 0.1) is 0 Å². The van der Waals surface area contributed by atoms with Gasteiger partial charge >= 0.3 is 0 Å². The van der Waals surface area contributed by atoms with E-state index < -0.39 is 9.84 Å². The van der Waals surface area contributed by atoms with Crippen molar-refractivity contribution < 1.29 is 17.9 Å². The second-order valence-electron chi connectivity index (χ2n) is 4.46. The Bertz CT molecular complexity index is 546. The highest BCUT2D eigenvalue weighted by Crippen LogP contribution is 2.33. The summed E-state index contributed by atoms with van der Waals surface area (Å²) in [5, 5.41) is 3.21. The van der Waals surface area contributed by atoms with Crippen molar-refractivity contribution in [3.63, 3.8) is 0 Å². The summed E-state index contributed by atoms with van der Waals surface area (Å²) in [6.45, 7) is 1.28. The van der Waals surface area contributed by atoms with Gasteiger partial charge in [0.1, 0.15) is 9.84 Å². The molecule has 7 heteroatoms. The fourth-order valence-corrected chi connectivity index (χ4v) is 2.85. The smallest absolute Gasteiger partial charge is 0.161 e. The number of methoxy groups -OCH3 is 2. The Hall–Kier alpha value is -0.790. The normalized spacial score (nSPS) is 11.4. The first kappa shape index (κ1) is 17.3. The van der Waals surface area contributed by atoms with Crippen LogP contribution < -0.4 is 14.8 Å². The van der Waals surface area contributed by atoms with Gasteiger partial charge in [-0.3, -0.25) is 0 Å². The van der Waals surface area contributed by atoms with Crippen LogP contribution >= 0.6 is 15.9 Å². The lowest BCUT2D eigenvalue weighted by Gasteiger charge is -2.12. The fourth-order valence-electron chi connectivity index (χ4n) is 1.71. The summed E-state index contributed by atoms with van der Waals surface area (Å²) in [6.07, 6.45) is 1.85. The van der Waals surface area contributed by atoms with E-state index in [-0.39, 0.29) is 5.75 Å². The average Bonchev–Trinajstić information content (AvgIpc) is 2.38. The maximum absolute atomic E-state index is 11.0. The summed E-state index contributed by atoms with van der Waals surface area (Å²) in [5.41, 5.74) is 1.03. The number of halogens is 1. The molecule has 1 rings (SSSR count). The van der Waals surface area contributed by atoms with Crippen molar-refractivity contribution in [2.24, 2.45) is 0 Å². The van der Waals surface area contributed by atoms with Gasteiger partial charge in [0, 0.05) is 17.3 Å². The molecule has 114 valence electrons. The van der Waals surface area contributed by atoms with Crippen molar-refractivity contribution in [3.05, 3.63) is 22.2 Å². The lowest BCUT2D eigenvalue weighted by Crippen LogP contribution is -2.18. The summed E-state index contributed by atoms with van der Waals surface area (Å²) >= 11 is 3.48. The van der Waals surface area contributed by atoms with Crippen LogP contribution in [0.1, 0.15) is 12.0 Å². The second kappa shape index (κ2) is 7.85. The van der Waals surface area contributed by atoms with Gasteiger partial charge in [0.25, 0.3) is 0 Å². The van der Waals surface area contributed by atoms with E-state index >= 15 is 0 Å². The predicted octanol–water partition coefficient (Wildman–Crippen LogP) is 1.99. The zero-order valence-electron chi connectivity index (χ0n) is 11.9. The number of nitrogens with one attached hydrogen (secondary N) is 1. The number of ether oxygens (including phenoxy) is 2. The summed E-state index contributed by atoms with van der Waals surface area (Å²) < 4.78 is 33.4. The third kappa shape index (κ3) is 5.68. The number of sulfone groups is 1. The Kier molecular flexibility index (Phi) is 6.78. The molecule has 0 unspecified atom stereocenters. The minimum absolute atomic E-state index is 0.201. The zero-order chi connectivity index (χ0) is 15.2. The molecule has 0 radical (unpaired) electrons. The first-order valence-corrected chi connectivity index (χ1v) is 9.01. The van der Waals surface area contributed by atoms with Crippen LogP contribution in [0.4, 0.5) is 0 Å². The second-order valence-corrected chi connectivity index (χ2v) is 7.57. The summed E-state index contributed by atoms with van der Waals surface area (Å²) in [7, 11) is 0.300. The summed E-state index contributed by atoms with van der Waals surface area (Å²) in [4.78, 5) is 0. The van der Waals surface area contributed by atoms with Crippen molar-refractivity contribution in [3.8, 4) is 11.5 Å². The van der Waals surface area contributed by atoms with E-state index in [4.69, 9.17) is 9.47 Å². The number of rotatable bonds is 8. The van der Waals surface area contributed by atoms with E-state index in [1.54, 1.807) is 14.2 Å². The molecule has 0 aliphatic carbocycles. The summed E-state index contributed by atoms with van der Waals surface area (Å²) in [5.74, 6) is 1.54. The molecule has 0 spiro atoms. The highest BCUT2D eigenvalue weighted by atomic mass is 79.9. The minimum atomic E-state index is -2.88. The van der Waals surface area contributed by atoms with E-state index in [1.807, 2.05) is 12.1 Å². The quantitative estimate of drug-likeness (QED) is 0.713. The topological polar surface area (TPSA) is 64.6 Å². The molecule has 0 aromatic heterocycles. The molecular weight excluding hydrogens is 346 g/mol. The van der Waals surface area contributed by atoms with Crippen LogP contribution in [-0.2, 0) is 16.4 Å². The van der Waals surface area contributed by atoms with Gasteiger partial charge in [-0.1, -0.05) is 15.9 Å². The standard InChI is InChI=1S/C13H20BrNO4S/c1-18-12-7-10(11(14)8-13(12)19-2)9-15-5-4-6-20(3,16)17/h7-8,15H,4-6,9H2,1-3H3. The molecule has 0 saturated heterocycles. The van der Waals surface area contributed by atoms with Gasteiger partial charge in [-0.25, -0.2) is 8.42 Å². The predicted molar refractivity (Wildman–Crippen MR) is 83.3 cm³/mol. The Labute approximate surface area is 128 Å². The van der Waals surface area contributed by atoms with Crippen LogP contribution in [0.2, 0.25) is 0 Å². The van der Waals surface area contributed by atoms with Crippen LogP contribution in [0.5, 0.6) is 11.5 Å². The van der Waals surface area contributed by atoms with E-state index in [1.165, 1.54) is 6.26 Å². The molecule has 0 aliphatic rings. The average molecular weight is 366 g/mol. The molecule has 0 fully saturated rings. The minimum Gasteiger partial charge on any atom is -0.493 e. The van der Waals surface area contributed by atoms with Crippen molar-refractivity contribution in [2.75, 3.05) is 32.8 Å². The molecule has 0 bridgehead atoms. The number of hydrogen-bond donors (Lipinski definition) is 1. The maximum Gasteiger partial charge on any atom is 0.161 e. The molecule has 0 aliphatic heterocycles. The largest absolute Gasteiger partial charge is 0.493 e. The Morgan fingerprint density at radius 3 is 2.35 bits per heavy atom. The molecule has 5 nitrogen and oxygen atoms in total. The first-order chi connectivity index (χ1) is 9.37. The SMILES string of the molecule is COc1cc(Br)c(CNCCCS(C)(=O)=O)cc1OC. The van der Waals surface area contributed by atoms with Gasteiger partial charge in [-0.2, -0.15) is 0 Å². The van der Waals surface area contributed by atoms with E-state index in [2.05, 4.69) is 21.2 Å². The molecule has 1 aromatic carbocycles. The molecule has 20 heavy (non-hydrogen) atoms. The van der Waals surface area contributed by atoms with E-state index in [0.717, 1.165) is 10.0 Å². The summed E-state index contributed by atoms with van der Waals surface area (Å²) in [6, 6.07) is 3.75. The van der Waals surface area contributed by atoms with Gasteiger partial charge in [-0.05, 0) is 30.7 Å². The van der Waals surface area contributed by atoms with Gasteiger partial charge in [0.05, 0.1) is 20.0 Å².